The summed E-state index contributed by atoms with van der Waals surface area (Å²) in [5.41, 5.74) is 2.95. The number of nitrogens with zero attached hydrogens (tertiary/aromatic N) is 1. The molecule has 3 aromatic carbocycles. The highest BCUT2D eigenvalue weighted by Gasteiger charge is 2.17. The minimum absolute atomic E-state index is 0.263. The van der Waals surface area contributed by atoms with E-state index in [0.717, 1.165) is 27.8 Å². The van der Waals surface area contributed by atoms with E-state index in [4.69, 9.17) is 9.47 Å². The van der Waals surface area contributed by atoms with Crippen molar-refractivity contribution in [2.75, 3.05) is 12.4 Å². The molecule has 1 aromatic heterocycles. The number of fused-ring (bicyclic) bond motifs is 1. The van der Waals surface area contributed by atoms with Gasteiger partial charge in [-0.2, -0.15) is 5.10 Å². The molecule has 0 saturated carbocycles. The molecule has 6 nitrogen and oxygen atoms in total. The smallest absolute Gasteiger partial charge is 0.266 e. The van der Waals surface area contributed by atoms with Crippen LogP contribution < -0.4 is 14.8 Å². The molecular formula is C23H21N3O3. The molecule has 1 heterocycles. The van der Waals surface area contributed by atoms with Crippen molar-refractivity contribution in [3.8, 4) is 22.6 Å². The second-order valence-corrected chi connectivity index (χ2v) is 6.62. The van der Waals surface area contributed by atoms with Crippen LogP contribution in [-0.4, -0.2) is 29.3 Å². The number of methoxy groups -OCH3 is 1. The van der Waals surface area contributed by atoms with E-state index in [2.05, 4.69) is 15.5 Å². The maximum Gasteiger partial charge on any atom is 0.266 e. The first kappa shape index (κ1) is 18.6. The number of hydrogen-bond donors (Lipinski definition) is 2. The quantitative estimate of drug-likeness (QED) is 0.505. The topological polar surface area (TPSA) is 76.2 Å². The van der Waals surface area contributed by atoms with Crippen molar-refractivity contribution in [1.82, 2.24) is 10.2 Å². The van der Waals surface area contributed by atoms with Gasteiger partial charge in [0.15, 0.2) is 11.9 Å². The van der Waals surface area contributed by atoms with Crippen LogP contribution in [0.25, 0.3) is 22.0 Å². The van der Waals surface area contributed by atoms with E-state index >= 15 is 0 Å². The molecule has 4 rings (SSSR count). The highest BCUT2D eigenvalue weighted by Crippen LogP contribution is 2.28. The zero-order valence-electron chi connectivity index (χ0n) is 16.2. The van der Waals surface area contributed by atoms with Crippen molar-refractivity contribution in [2.24, 2.45) is 0 Å². The maximum atomic E-state index is 12.5. The van der Waals surface area contributed by atoms with Gasteiger partial charge in [-0.25, -0.2) is 0 Å². The highest BCUT2D eigenvalue weighted by molar-refractivity contribution is 6.02. The third kappa shape index (κ3) is 4.06. The minimum Gasteiger partial charge on any atom is -0.497 e. The van der Waals surface area contributed by atoms with E-state index in [-0.39, 0.29) is 5.91 Å². The zero-order valence-corrected chi connectivity index (χ0v) is 16.2. The summed E-state index contributed by atoms with van der Waals surface area (Å²) in [6, 6.07) is 23.0. The summed E-state index contributed by atoms with van der Waals surface area (Å²) in [5.74, 6) is 1.68. The van der Waals surface area contributed by atoms with E-state index in [9.17, 15) is 4.79 Å². The summed E-state index contributed by atoms with van der Waals surface area (Å²) in [4.78, 5) is 12.5. The Morgan fingerprint density at radius 2 is 1.69 bits per heavy atom. The highest BCUT2D eigenvalue weighted by atomic mass is 16.5. The Balaban J connectivity index is 1.50. The number of H-pyrrole nitrogens is 1. The Morgan fingerprint density at radius 3 is 2.41 bits per heavy atom. The van der Waals surface area contributed by atoms with E-state index in [1.807, 2.05) is 72.8 Å². The SMILES string of the molecule is COc1ccc(-c2ccc3c(NC(=O)C(C)Oc4ccccc4)n[nH]c3c2)cc1. The lowest BCUT2D eigenvalue weighted by molar-refractivity contribution is -0.122. The van der Waals surface area contributed by atoms with Crippen molar-refractivity contribution >= 4 is 22.6 Å². The number of carbonyl (C=O) groups is 1. The molecule has 0 spiro atoms. The lowest BCUT2D eigenvalue weighted by Gasteiger charge is -2.13. The fourth-order valence-electron chi connectivity index (χ4n) is 3.05. The van der Waals surface area contributed by atoms with Gasteiger partial charge in [0.05, 0.1) is 12.6 Å². The first-order valence-electron chi connectivity index (χ1n) is 9.29. The predicted octanol–water partition coefficient (Wildman–Crippen LogP) is 4.64. The third-order valence-corrected chi connectivity index (χ3v) is 4.65. The van der Waals surface area contributed by atoms with E-state index in [1.165, 1.54) is 0 Å². The number of para-hydroxylation sites is 1. The Hall–Kier alpha value is -3.80. The molecule has 146 valence electrons. The van der Waals surface area contributed by atoms with E-state index < -0.39 is 6.10 Å². The molecule has 0 fully saturated rings. The van der Waals surface area contributed by atoms with Crippen LogP contribution in [0.1, 0.15) is 6.92 Å². The van der Waals surface area contributed by atoms with Crippen LogP contribution in [0.2, 0.25) is 0 Å². The second kappa shape index (κ2) is 8.06. The van der Waals surface area contributed by atoms with Gasteiger partial charge in [-0.3, -0.25) is 9.89 Å². The van der Waals surface area contributed by atoms with Crippen molar-refractivity contribution in [3.63, 3.8) is 0 Å². The minimum atomic E-state index is -0.650. The molecule has 0 saturated heterocycles. The van der Waals surface area contributed by atoms with Gasteiger partial charge in [0.1, 0.15) is 11.5 Å². The average molecular weight is 387 g/mol. The lowest BCUT2D eigenvalue weighted by Crippen LogP contribution is -2.30. The molecular weight excluding hydrogens is 366 g/mol. The van der Waals surface area contributed by atoms with Crippen LogP contribution >= 0.6 is 0 Å². The number of rotatable bonds is 6. The predicted molar refractivity (Wildman–Crippen MR) is 113 cm³/mol. The number of benzene rings is 3. The van der Waals surface area contributed by atoms with Gasteiger partial charge in [0, 0.05) is 5.39 Å². The summed E-state index contributed by atoms with van der Waals surface area (Å²) < 4.78 is 10.9. The molecule has 0 aliphatic rings. The average Bonchev–Trinajstić information content (AvgIpc) is 3.16. The van der Waals surface area contributed by atoms with Gasteiger partial charge in [0.25, 0.3) is 5.91 Å². The molecule has 6 heteroatoms. The van der Waals surface area contributed by atoms with Gasteiger partial charge >= 0.3 is 0 Å². The summed E-state index contributed by atoms with van der Waals surface area (Å²) in [6.45, 7) is 1.71. The first-order valence-corrected chi connectivity index (χ1v) is 9.29. The van der Waals surface area contributed by atoms with Crippen molar-refractivity contribution in [1.29, 1.82) is 0 Å². The number of nitrogens with one attached hydrogen (secondary N) is 2. The maximum absolute atomic E-state index is 12.5. The van der Waals surface area contributed by atoms with Crippen LogP contribution in [0.5, 0.6) is 11.5 Å². The van der Waals surface area contributed by atoms with Gasteiger partial charge in [0.2, 0.25) is 0 Å². The van der Waals surface area contributed by atoms with Crippen molar-refractivity contribution in [2.45, 2.75) is 13.0 Å². The largest absolute Gasteiger partial charge is 0.497 e. The molecule has 29 heavy (non-hydrogen) atoms. The molecule has 1 amide bonds. The first-order chi connectivity index (χ1) is 14.1. The Morgan fingerprint density at radius 1 is 0.966 bits per heavy atom. The van der Waals surface area contributed by atoms with Gasteiger partial charge in [-0.1, -0.05) is 36.4 Å². The molecule has 0 radical (unpaired) electrons. The third-order valence-electron chi connectivity index (χ3n) is 4.65. The van der Waals surface area contributed by atoms with Crippen LogP contribution in [0.4, 0.5) is 5.82 Å². The number of aromatic amines is 1. The molecule has 4 aromatic rings. The van der Waals surface area contributed by atoms with Gasteiger partial charge in [-0.05, 0) is 54.4 Å². The van der Waals surface area contributed by atoms with Crippen LogP contribution in [0.3, 0.4) is 0 Å². The number of anilines is 1. The lowest BCUT2D eigenvalue weighted by atomic mass is 10.0. The Labute approximate surface area is 168 Å². The summed E-state index contributed by atoms with van der Waals surface area (Å²) in [5, 5.41) is 10.9. The number of hydrogen-bond acceptors (Lipinski definition) is 4. The van der Waals surface area contributed by atoms with Crippen LogP contribution in [0.15, 0.2) is 72.8 Å². The Kier molecular flexibility index (Phi) is 5.16. The molecule has 2 N–H and O–H groups in total. The standard InChI is InChI=1S/C23H21N3O3/c1-15(29-19-6-4-3-5-7-19)23(27)24-22-20-13-10-17(14-21(20)25-26-22)16-8-11-18(28-2)12-9-16/h3-15H,1-2H3,(H2,24,25,26,27). The Bertz CT molecular complexity index is 1120. The summed E-state index contributed by atoms with van der Waals surface area (Å²) >= 11 is 0. The fourth-order valence-corrected chi connectivity index (χ4v) is 3.05. The van der Waals surface area contributed by atoms with Crippen LogP contribution in [0, 0.1) is 0 Å². The second-order valence-electron chi connectivity index (χ2n) is 6.62. The number of ether oxygens (including phenoxy) is 2. The van der Waals surface area contributed by atoms with Crippen LogP contribution in [-0.2, 0) is 4.79 Å². The summed E-state index contributed by atoms with van der Waals surface area (Å²) in [7, 11) is 1.65. The van der Waals surface area contributed by atoms with Gasteiger partial charge in [-0.15, -0.1) is 0 Å². The molecule has 0 aliphatic heterocycles. The zero-order chi connectivity index (χ0) is 20.2. The molecule has 1 atom stereocenters. The fraction of sp³-hybridized carbons (Fsp3) is 0.130. The monoisotopic (exact) mass is 387 g/mol. The molecule has 0 aliphatic carbocycles. The van der Waals surface area contributed by atoms with Crippen molar-refractivity contribution in [3.05, 3.63) is 72.8 Å². The van der Waals surface area contributed by atoms with E-state index in [1.54, 1.807) is 14.0 Å². The normalized spacial score (nSPS) is 11.8. The molecule has 0 bridgehead atoms. The van der Waals surface area contributed by atoms with Gasteiger partial charge < -0.3 is 14.8 Å². The summed E-state index contributed by atoms with van der Waals surface area (Å²) in [6.07, 6.45) is -0.650. The number of aromatic nitrogens is 2. The number of carbonyl (C=O) groups excluding carboxylic acids is 1. The number of amides is 1. The molecule has 1 unspecified atom stereocenters. The van der Waals surface area contributed by atoms with E-state index in [0.29, 0.717) is 11.6 Å². The van der Waals surface area contributed by atoms with Crippen molar-refractivity contribution < 1.29 is 14.3 Å².